The van der Waals surface area contributed by atoms with Crippen molar-refractivity contribution in [3.8, 4) is 0 Å². The molecule has 0 heterocycles. The van der Waals surface area contributed by atoms with Crippen LogP contribution >= 0.6 is 8.15 Å². The Hall–Kier alpha value is -1.11. The average molecular weight is 240 g/mol. The van der Waals surface area contributed by atoms with E-state index in [4.69, 9.17) is 12.5 Å². The molecule has 84 valence electrons. The summed E-state index contributed by atoms with van der Waals surface area (Å²) in [7, 11) is 4.59. The van der Waals surface area contributed by atoms with Gasteiger partial charge < -0.3 is 4.44 Å². The van der Waals surface area contributed by atoms with E-state index in [2.05, 4.69) is 37.3 Å². The van der Waals surface area contributed by atoms with Crippen molar-refractivity contribution in [2.75, 3.05) is 0 Å². The zero-order valence-electron chi connectivity index (χ0n) is 9.84. The minimum atomic E-state index is -0.898. The molecule has 0 bridgehead atoms. The smallest absolute Gasteiger partial charge is 0.289 e. The van der Waals surface area contributed by atoms with E-state index in [1.165, 1.54) is 10.9 Å². The van der Waals surface area contributed by atoms with Crippen LogP contribution in [0.1, 0.15) is 12.5 Å². The summed E-state index contributed by atoms with van der Waals surface area (Å²) in [5, 5.41) is 2.35. The number of hydrogen-bond donors (Lipinski definition) is 0. The second kappa shape index (κ2) is 6.00. The highest BCUT2D eigenvalue weighted by Crippen LogP contribution is 2.34. The van der Waals surface area contributed by atoms with Gasteiger partial charge in [-0.3, -0.25) is 0 Å². The first-order chi connectivity index (χ1) is 8.36. The molecule has 2 rings (SSSR count). The fourth-order valence-electron chi connectivity index (χ4n) is 1.83. The maximum atomic E-state index is 5.49. The Morgan fingerprint density at radius 1 is 1.00 bits per heavy atom. The fraction of sp³-hybridized carbons (Fsp3) is 0.143. The molecule has 0 saturated carbocycles. The van der Waals surface area contributed by atoms with E-state index in [-0.39, 0.29) is 0 Å². The standard InChI is InChI=1S/C14H14BOP/c1-2-12-8-6-7-11-14(12)17(16-15)13-9-4-3-5-10-13/h3-11H,2H2,1H3/t17-/m1/s1. The molecule has 2 radical (unpaired) electrons. The lowest BCUT2D eigenvalue weighted by Gasteiger charge is -2.19. The molecule has 0 unspecified atom stereocenters. The Bertz CT molecular complexity index is 473. The lowest BCUT2D eigenvalue weighted by Crippen LogP contribution is -2.16. The highest BCUT2D eigenvalue weighted by Gasteiger charge is 2.15. The first kappa shape index (κ1) is 12.4. The van der Waals surface area contributed by atoms with Crippen LogP contribution < -0.4 is 10.6 Å². The van der Waals surface area contributed by atoms with E-state index >= 15 is 0 Å². The minimum Gasteiger partial charge on any atom is -0.421 e. The van der Waals surface area contributed by atoms with Gasteiger partial charge in [-0.2, -0.15) is 0 Å². The summed E-state index contributed by atoms with van der Waals surface area (Å²) >= 11 is 0. The third-order valence-corrected chi connectivity index (χ3v) is 4.54. The van der Waals surface area contributed by atoms with Gasteiger partial charge in [0.05, 0.1) is 8.15 Å². The number of rotatable bonds is 4. The second-order valence-corrected chi connectivity index (χ2v) is 5.52. The molecule has 0 saturated heterocycles. The molecular formula is C14H14BOP. The van der Waals surface area contributed by atoms with Crippen molar-refractivity contribution in [2.45, 2.75) is 13.3 Å². The number of aryl methyl sites for hydroxylation is 1. The number of hydrogen-bond acceptors (Lipinski definition) is 1. The topological polar surface area (TPSA) is 9.23 Å². The van der Waals surface area contributed by atoms with Gasteiger partial charge in [-0.1, -0.05) is 61.5 Å². The van der Waals surface area contributed by atoms with Gasteiger partial charge in [0.1, 0.15) is 0 Å². The maximum Gasteiger partial charge on any atom is 0.289 e. The molecule has 2 aromatic rings. The molecule has 0 aromatic heterocycles. The van der Waals surface area contributed by atoms with Crippen molar-refractivity contribution in [1.29, 1.82) is 0 Å². The molecule has 1 atom stereocenters. The summed E-state index contributed by atoms with van der Waals surface area (Å²) in [5.41, 5.74) is 1.30. The summed E-state index contributed by atoms with van der Waals surface area (Å²) in [6.07, 6.45) is 0.991. The minimum absolute atomic E-state index is 0.898. The Kier molecular flexibility index (Phi) is 4.36. The predicted octanol–water partition coefficient (Wildman–Crippen LogP) is 2.70. The molecular weight excluding hydrogens is 226 g/mol. The largest absolute Gasteiger partial charge is 0.421 e. The van der Waals surface area contributed by atoms with Gasteiger partial charge in [0.2, 0.25) is 0 Å². The molecule has 0 fully saturated rings. The van der Waals surface area contributed by atoms with Gasteiger partial charge in [-0.05, 0) is 12.0 Å². The second-order valence-electron chi connectivity index (χ2n) is 3.72. The quantitative estimate of drug-likeness (QED) is 0.589. The SMILES string of the molecule is [B]O[P@](c1ccccc1)c1ccccc1CC. The van der Waals surface area contributed by atoms with Crippen molar-refractivity contribution in [2.24, 2.45) is 0 Å². The van der Waals surface area contributed by atoms with E-state index in [9.17, 15) is 0 Å². The van der Waals surface area contributed by atoms with Crippen LogP contribution in [0, 0.1) is 0 Å². The van der Waals surface area contributed by atoms with Crippen molar-refractivity contribution >= 4 is 26.8 Å². The molecule has 17 heavy (non-hydrogen) atoms. The van der Waals surface area contributed by atoms with Crippen molar-refractivity contribution in [1.82, 2.24) is 0 Å². The summed E-state index contributed by atoms with van der Waals surface area (Å²) < 4.78 is 5.23. The average Bonchev–Trinajstić information content (AvgIpc) is 2.41. The maximum absolute atomic E-state index is 5.49. The van der Waals surface area contributed by atoms with Crippen LogP contribution in [0.4, 0.5) is 0 Å². The molecule has 3 heteroatoms. The molecule has 0 aliphatic rings. The Morgan fingerprint density at radius 3 is 2.29 bits per heavy atom. The van der Waals surface area contributed by atoms with Crippen molar-refractivity contribution in [3.63, 3.8) is 0 Å². The molecule has 0 N–H and O–H groups in total. The van der Waals surface area contributed by atoms with E-state index in [0.717, 1.165) is 11.7 Å². The predicted molar refractivity (Wildman–Crippen MR) is 75.3 cm³/mol. The summed E-state index contributed by atoms with van der Waals surface area (Å²) in [4.78, 5) is 0. The van der Waals surface area contributed by atoms with Gasteiger partial charge in [0.15, 0.2) is 0 Å². The first-order valence-corrected chi connectivity index (χ1v) is 6.92. The summed E-state index contributed by atoms with van der Waals surface area (Å²) in [6, 6.07) is 18.5. The van der Waals surface area contributed by atoms with Crippen LogP contribution in [-0.4, -0.2) is 8.05 Å². The lowest BCUT2D eigenvalue weighted by atomic mass is 10.2. The van der Waals surface area contributed by atoms with Crippen LogP contribution in [0.3, 0.4) is 0 Å². The normalized spacial score (nSPS) is 12.3. The first-order valence-electron chi connectivity index (χ1n) is 5.66. The van der Waals surface area contributed by atoms with E-state index in [1.54, 1.807) is 0 Å². The van der Waals surface area contributed by atoms with E-state index in [0.29, 0.717) is 0 Å². The molecule has 2 aromatic carbocycles. The third-order valence-electron chi connectivity index (χ3n) is 2.69. The Balaban J connectivity index is 2.42. The van der Waals surface area contributed by atoms with Gasteiger partial charge in [0, 0.05) is 10.6 Å². The monoisotopic (exact) mass is 240 g/mol. The third kappa shape index (κ3) is 2.77. The lowest BCUT2D eigenvalue weighted by molar-refractivity contribution is 0.705. The van der Waals surface area contributed by atoms with Gasteiger partial charge >= 0.3 is 0 Å². The Labute approximate surface area is 105 Å². The zero-order valence-corrected chi connectivity index (χ0v) is 10.7. The van der Waals surface area contributed by atoms with Gasteiger partial charge in [-0.15, -0.1) is 0 Å². The summed E-state index contributed by atoms with van der Waals surface area (Å²) in [5.74, 6) is 0. The van der Waals surface area contributed by atoms with Crippen LogP contribution in [-0.2, 0) is 10.9 Å². The van der Waals surface area contributed by atoms with Crippen LogP contribution in [0.2, 0.25) is 0 Å². The molecule has 0 amide bonds. The molecule has 0 aliphatic carbocycles. The fourth-order valence-corrected chi connectivity index (χ4v) is 3.50. The van der Waals surface area contributed by atoms with E-state index in [1.807, 2.05) is 24.3 Å². The van der Waals surface area contributed by atoms with Gasteiger partial charge in [0.25, 0.3) is 8.05 Å². The van der Waals surface area contributed by atoms with Crippen LogP contribution in [0.5, 0.6) is 0 Å². The molecule has 0 spiro atoms. The van der Waals surface area contributed by atoms with Crippen molar-refractivity contribution < 1.29 is 4.44 Å². The van der Waals surface area contributed by atoms with Crippen LogP contribution in [0.25, 0.3) is 0 Å². The van der Waals surface area contributed by atoms with Gasteiger partial charge in [-0.25, -0.2) is 0 Å². The Morgan fingerprint density at radius 2 is 1.65 bits per heavy atom. The zero-order chi connectivity index (χ0) is 12.1. The molecule has 0 aliphatic heterocycles. The van der Waals surface area contributed by atoms with E-state index < -0.39 is 8.15 Å². The highest BCUT2D eigenvalue weighted by molar-refractivity contribution is 7.69. The summed E-state index contributed by atoms with van der Waals surface area (Å²) in [6.45, 7) is 2.15. The molecule has 1 nitrogen and oxygen atoms in total. The highest BCUT2D eigenvalue weighted by atomic mass is 31.1. The van der Waals surface area contributed by atoms with Crippen LogP contribution in [0.15, 0.2) is 54.6 Å². The van der Waals surface area contributed by atoms with Crippen molar-refractivity contribution in [3.05, 3.63) is 60.2 Å². The number of benzene rings is 2.